The molecule has 0 heterocycles. The number of benzene rings is 3. The predicted octanol–water partition coefficient (Wildman–Crippen LogP) is 5.60. The van der Waals surface area contributed by atoms with Crippen molar-refractivity contribution in [1.82, 2.24) is 0 Å². The summed E-state index contributed by atoms with van der Waals surface area (Å²) in [6.45, 7) is 7.66. The van der Waals surface area contributed by atoms with E-state index in [1.165, 1.54) is 12.5 Å². The van der Waals surface area contributed by atoms with E-state index in [0.717, 1.165) is 11.1 Å². The summed E-state index contributed by atoms with van der Waals surface area (Å²) in [5, 5.41) is 2.85. The minimum atomic E-state index is -0.960. The highest BCUT2D eigenvalue weighted by Crippen LogP contribution is 2.28. The number of ether oxygens (including phenoxy) is 2. The minimum Gasteiger partial charge on any atom is -0.482 e. The van der Waals surface area contributed by atoms with Crippen molar-refractivity contribution in [2.24, 2.45) is 0 Å². The van der Waals surface area contributed by atoms with Gasteiger partial charge in [-0.3, -0.25) is 4.79 Å². The zero-order valence-electron chi connectivity index (χ0n) is 18.9. The second-order valence-corrected chi connectivity index (χ2v) is 8.60. The van der Waals surface area contributed by atoms with E-state index < -0.39 is 18.0 Å². The first-order chi connectivity index (χ1) is 15.2. The molecule has 5 heteroatoms. The number of carbonyl (C=O) groups excluding carboxylic acids is 2. The molecule has 1 unspecified atom stereocenters. The van der Waals surface area contributed by atoms with E-state index in [9.17, 15) is 9.59 Å². The van der Waals surface area contributed by atoms with Crippen LogP contribution in [-0.2, 0) is 19.7 Å². The van der Waals surface area contributed by atoms with Crippen molar-refractivity contribution in [3.63, 3.8) is 0 Å². The van der Waals surface area contributed by atoms with Gasteiger partial charge in [-0.15, -0.1) is 0 Å². The van der Waals surface area contributed by atoms with Gasteiger partial charge in [0, 0.05) is 11.3 Å². The maximum absolute atomic E-state index is 12.6. The lowest BCUT2D eigenvalue weighted by atomic mass is 9.87. The molecule has 0 fully saturated rings. The summed E-state index contributed by atoms with van der Waals surface area (Å²) in [5.41, 5.74) is 3.75. The van der Waals surface area contributed by atoms with E-state index in [0.29, 0.717) is 11.4 Å². The van der Waals surface area contributed by atoms with Gasteiger partial charge in [-0.25, -0.2) is 4.79 Å². The van der Waals surface area contributed by atoms with Gasteiger partial charge in [-0.2, -0.15) is 0 Å². The van der Waals surface area contributed by atoms with Crippen LogP contribution in [-0.4, -0.2) is 24.6 Å². The summed E-state index contributed by atoms with van der Waals surface area (Å²) in [6.07, 6.45) is -0.960. The molecular weight excluding hydrogens is 402 g/mol. The van der Waals surface area contributed by atoms with Gasteiger partial charge in [0.15, 0.2) is 12.7 Å². The molecule has 0 aliphatic heterocycles. The SMILES string of the molecule is CC(OC(=O)COc1ccc(C(C)(C)C)cc1)C(=O)Nc1ccccc1-c1ccccc1. The monoisotopic (exact) mass is 431 g/mol. The van der Waals surface area contributed by atoms with Gasteiger partial charge < -0.3 is 14.8 Å². The average Bonchev–Trinajstić information content (AvgIpc) is 2.78. The molecule has 0 aliphatic carbocycles. The number of rotatable bonds is 7. The Kier molecular flexibility index (Phi) is 7.31. The van der Waals surface area contributed by atoms with Gasteiger partial charge in [-0.05, 0) is 41.7 Å². The first-order valence-corrected chi connectivity index (χ1v) is 10.6. The zero-order valence-corrected chi connectivity index (χ0v) is 18.9. The van der Waals surface area contributed by atoms with E-state index in [1.54, 1.807) is 0 Å². The molecule has 1 atom stereocenters. The summed E-state index contributed by atoms with van der Waals surface area (Å²) in [4.78, 5) is 24.8. The Bertz CT molecular complexity index is 1050. The summed E-state index contributed by atoms with van der Waals surface area (Å²) < 4.78 is 10.8. The van der Waals surface area contributed by atoms with Crippen LogP contribution < -0.4 is 10.1 Å². The summed E-state index contributed by atoms with van der Waals surface area (Å²) in [7, 11) is 0. The molecule has 0 saturated heterocycles. The Labute approximate surface area is 189 Å². The summed E-state index contributed by atoms with van der Waals surface area (Å²) >= 11 is 0. The lowest BCUT2D eigenvalue weighted by Crippen LogP contribution is -2.31. The number of hydrogen-bond donors (Lipinski definition) is 1. The zero-order chi connectivity index (χ0) is 23.1. The van der Waals surface area contributed by atoms with Crippen molar-refractivity contribution in [1.29, 1.82) is 0 Å². The molecule has 3 rings (SSSR count). The highest BCUT2D eigenvalue weighted by molar-refractivity contribution is 5.98. The third-order valence-electron chi connectivity index (χ3n) is 5.02. The van der Waals surface area contributed by atoms with Crippen molar-refractivity contribution >= 4 is 17.6 Å². The van der Waals surface area contributed by atoms with E-state index >= 15 is 0 Å². The number of para-hydroxylation sites is 1. The fourth-order valence-electron chi connectivity index (χ4n) is 3.17. The Morgan fingerprint density at radius 1 is 0.875 bits per heavy atom. The third-order valence-corrected chi connectivity index (χ3v) is 5.02. The topological polar surface area (TPSA) is 64.6 Å². The number of esters is 1. The lowest BCUT2D eigenvalue weighted by Gasteiger charge is -2.19. The molecule has 3 aromatic carbocycles. The quantitative estimate of drug-likeness (QED) is 0.495. The van der Waals surface area contributed by atoms with E-state index in [-0.39, 0.29) is 12.0 Å². The minimum absolute atomic E-state index is 0.0411. The summed E-state index contributed by atoms with van der Waals surface area (Å²) in [6, 6.07) is 24.9. The van der Waals surface area contributed by atoms with E-state index in [4.69, 9.17) is 9.47 Å². The van der Waals surface area contributed by atoms with Crippen molar-refractivity contribution in [2.75, 3.05) is 11.9 Å². The Balaban J connectivity index is 1.54. The largest absolute Gasteiger partial charge is 0.482 e. The molecule has 0 spiro atoms. The Hall–Kier alpha value is -3.60. The van der Waals surface area contributed by atoms with Crippen LogP contribution in [0.5, 0.6) is 5.75 Å². The van der Waals surface area contributed by atoms with E-state index in [2.05, 4.69) is 26.1 Å². The average molecular weight is 432 g/mol. The fraction of sp³-hybridized carbons (Fsp3) is 0.259. The van der Waals surface area contributed by atoms with Crippen LogP contribution in [0.1, 0.15) is 33.3 Å². The molecule has 0 radical (unpaired) electrons. The smallest absolute Gasteiger partial charge is 0.344 e. The number of carbonyl (C=O) groups is 2. The maximum Gasteiger partial charge on any atom is 0.344 e. The predicted molar refractivity (Wildman–Crippen MR) is 127 cm³/mol. The highest BCUT2D eigenvalue weighted by atomic mass is 16.6. The Morgan fingerprint density at radius 3 is 2.16 bits per heavy atom. The third kappa shape index (κ3) is 6.20. The molecule has 0 saturated carbocycles. The molecule has 1 N–H and O–H groups in total. The fourth-order valence-corrected chi connectivity index (χ4v) is 3.17. The van der Waals surface area contributed by atoms with Gasteiger partial charge in [0.05, 0.1) is 0 Å². The number of anilines is 1. The Morgan fingerprint density at radius 2 is 1.50 bits per heavy atom. The molecule has 0 bridgehead atoms. The van der Waals surface area contributed by atoms with Crippen LogP contribution in [0.25, 0.3) is 11.1 Å². The molecule has 1 amide bonds. The normalized spacial score (nSPS) is 12.0. The standard InChI is InChI=1S/C27H29NO4/c1-19(32-25(29)18-31-22-16-14-21(15-17-22)27(2,3)4)26(30)28-24-13-9-8-12-23(24)20-10-6-5-7-11-20/h5-17,19H,18H2,1-4H3,(H,28,30). The van der Waals surface area contributed by atoms with Gasteiger partial charge in [0.1, 0.15) is 5.75 Å². The molecule has 32 heavy (non-hydrogen) atoms. The van der Waals surface area contributed by atoms with Crippen molar-refractivity contribution in [3.05, 3.63) is 84.4 Å². The van der Waals surface area contributed by atoms with Gasteiger partial charge in [-0.1, -0.05) is 81.4 Å². The van der Waals surface area contributed by atoms with Gasteiger partial charge in [0.2, 0.25) is 0 Å². The maximum atomic E-state index is 12.6. The van der Waals surface area contributed by atoms with Crippen LogP contribution >= 0.6 is 0 Å². The van der Waals surface area contributed by atoms with Crippen LogP contribution in [0, 0.1) is 0 Å². The van der Waals surface area contributed by atoms with Crippen molar-refractivity contribution < 1.29 is 19.1 Å². The number of nitrogens with one attached hydrogen (secondary N) is 1. The van der Waals surface area contributed by atoms with E-state index in [1.807, 2.05) is 78.9 Å². The summed E-state index contributed by atoms with van der Waals surface area (Å²) in [5.74, 6) is -0.441. The second-order valence-electron chi connectivity index (χ2n) is 8.60. The molecular formula is C27H29NO4. The number of hydrogen-bond acceptors (Lipinski definition) is 4. The van der Waals surface area contributed by atoms with Crippen LogP contribution in [0.3, 0.4) is 0 Å². The molecule has 3 aromatic rings. The van der Waals surface area contributed by atoms with Gasteiger partial charge in [0.25, 0.3) is 5.91 Å². The molecule has 5 nitrogen and oxygen atoms in total. The first kappa shape index (κ1) is 23.1. The molecule has 0 aliphatic rings. The second kappa shape index (κ2) is 10.1. The molecule has 0 aromatic heterocycles. The van der Waals surface area contributed by atoms with Crippen LogP contribution in [0.4, 0.5) is 5.69 Å². The lowest BCUT2D eigenvalue weighted by molar-refractivity contribution is -0.155. The van der Waals surface area contributed by atoms with Crippen LogP contribution in [0.2, 0.25) is 0 Å². The number of amides is 1. The highest BCUT2D eigenvalue weighted by Gasteiger charge is 2.20. The molecule has 166 valence electrons. The van der Waals surface area contributed by atoms with Crippen molar-refractivity contribution in [2.45, 2.75) is 39.2 Å². The van der Waals surface area contributed by atoms with Crippen molar-refractivity contribution in [3.8, 4) is 16.9 Å². The van der Waals surface area contributed by atoms with Gasteiger partial charge >= 0.3 is 5.97 Å². The first-order valence-electron chi connectivity index (χ1n) is 10.6. The van der Waals surface area contributed by atoms with Crippen LogP contribution in [0.15, 0.2) is 78.9 Å².